The Balaban J connectivity index is 2.03. The van der Waals surface area contributed by atoms with Gasteiger partial charge in [-0.3, -0.25) is 4.79 Å². The summed E-state index contributed by atoms with van der Waals surface area (Å²) in [6, 6.07) is 2.06. The van der Waals surface area contributed by atoms with Crippen LogP contribution in [0.1, 0.15) is 36.1 Å². The van der Waals surface area contributed by atoms with E-state index in [2.05, 4.69) is 16.8 Å². The monoisotopic (exact) mass is 239 g/mol. The van der Waals surface area contributed by atoms with Gasteiger partial charge in [-0.25, -0.2) is 0 Å². The molecule has 1 heterocycles. The Morgan fingerprint density at radius 3 is 3.31 bits per heavy atom. The SMILES string of the molecule is C[C@H](O)CNC(=O)C1CCCc2sccc21. The molecule has 0 fully saturated rings. The van der Waals surface area contributed by atoms with Crippen LogP contribution in [0.3, 0.4) is 0 Å². The van der Waals surface area contributed by atoms with E-state index in [4.69, 9.17) is 5.11 Å². The average molecular weight is 239 g/mol. The Morgan fingerprint density at radius 1 is 1.75 bits per heavy atom. The predicted octanol–water partition coefficient (Wildman–Crippen LogP) is 1.67. The van der Waals surface area contributed by atoms with Crippen LogP contribution in [-0.2, 0) is 11.2 Å². The zero-order valence-corrected chi connectivity index (χ0v) is 10.2. The van der Waals surface area contributed by atoms with Gasteiger partial charge in [0, 0.05) is 11.4 Å². The third-order valence-corrected chi connectivity index (χ3v) is 3.94. The summed E-state index contributed by atoms with van der Waals surface area (Å²) in [6.07, 6.45) is 2.64. The first-order chi connectivity index (χ1) is 7.68. The number of thiophene rings is 1. The number of carbonyl (C=O) groups excluding carboxylic acids is 1. The van der Waals surface area contributed by atoms with E-state index in [9.17, 15) is 4.79 Å². The van der Waals surface area contributed by atoms with Crippen molar-refractivity contribution in [1.29, 1.82) is 0 Å². The van der Waals surface area contributed by atoms with Crippen LogP contribution in [0.5, 0.6) is 0 Å². The molecule has 3 nitrogen and oxygen atoms in total. The zero-order chi connectivity index (χ0) is 11.5. The minimum atomic E-state index is -0.477. The van der Waals surface area contributed by atoms with E-state index >= 15 is 0 Å². The highest BCUT2D eigenvalue weighted by molar-refractivity contribution is 7.10. The Kier molecular flexibility index (Phi) is 3.61. The van der Waals surface area contributed by atoms with Crippen molar-refractivity contribution in [3.05, 3.63) is 21.9 Å². The molecule has 0 aliphatic heterocycles. The van der Waals surface area contributed by atoms with Crippen LogP contribution in [-0.4, -0.2) is 23.7 Å². The van der Waals surface area contributed by atoms with Gasteiger partial charge in [0.25, 0.3) is 0 Å². The number of aliphatic hydroxyl groups excluding tert-OH is 1. The summed E-state index contributed by atoms with van der Waals surface area (Å²) in [5.74, 6) is 0.0500. The van der Waals surface area contributed by atoms with Crippen LogP contribution in [0.2, 0.25) is 0 Å². The fourth-order valence-electron chi connectivity index (χ4n) is 2.13. The molecule has 0 saturated heterocycles. The molecule has 1 aliphatic rings. The lowest BCUT2D eigenvalue weighted by Crippen LogP contribution is -2.35. The van der Waals surface area contributed by atoms with Gasteiger partial charge in [0.05, 0.1) is 12.0 Å². The summed E-state index contributed by atoms with van der Waals surface area (Å²) in [7, 11) is 0. The number of aryl methyl sites for hydroxylation is 1. The van der Waals surface area contributed by atoms with Gasteiger partial charge in [-0.2, -0.15) is 0 Å². The van der Waals surface area contributed by atoms with Crippen LogP contribution in [0.25, 0.3) is 0 Å². The standard InChI is InChI=1S/C12H17NO2S/c1-8(14)7-13-12(15)10-3-2-4-11-9(10)5-6-16-11/h5-6,8,10,14H,2-4,7H2,1H3,(H,13,15)/t8-,10?/m0/s1. The van der Waals surface area contributed by atoms with E-state index in [1.807, 2.05) is 0 Å². The first-order valence-electron chi connectivity index (χ1n) is 5.70. The quantitative estimate of drug-likeness (QED) is 0.843. The maximum atomic E-state index is 11.9. The van der Waals surface area contributed by atoms with Crippen LogP contribution in [0, 0.1) is 0 Å². The number of carbonyl (C=O) groups is 1. The molecule has 2 N–H and O–H groups in total. The fraction of sp³-hybridized carbons (Fsp3) is 0.583. The van der Waals surface area contributed by atoms with Gasteiger partial charge in [-0.05, 0) is 43.2 Å². The van der Waals surface area contributed by atoms with Crippen molar-refractivity contribution in [3.63, 3.8) is 0 Å². The highest BCUT2D eigenvalue weighted by Crippen LogP contribution is 2.34. The molecule has 1 aromatic rings. The molecule has 2 rings (SSSR count). The van der Waals surface area contributed by atoms with Crippen molar-refractivity contribution in [3.8, 4) is 0 Å². The number of amides is 1. The molecule has 1 amide bonds. The van der Waals surface area contributed by atoms with Gasteiger partial charge in [0.2, 0.25) is 5.91 Å². The molecule has 16 heavy (non-hydrogen) atoms. The van der Waals surface area contributed by atoms with Gasteiger partial charge < -0.3 is 10.4 Å². The summed E-state index contributed by atoms with van der Waals surface area (Å²) in [5.41, 5.74) is 1.19. The lowest BCUT2D eigenvalue weighted by Gasteiger charge is -2.22. The maximum Gasteiger partial charge on any atom is 0.227 e. The smallest absolute Gasteiger partial charge is 0.227 e. The van der Waals surface area contributed by atoms with E-state index < -0.39 is 6.10 Å². The van der Waals surface area contributed by atoms with Crippen LogP contribution in [0.15, 0.2) is 11.4 Å². The van der Waals surface area contributed by atoms with Gasteiger partial charge >= 0.3 is 0 Å². The Morgan fingerprint density at radius 2 is 2.56 bits per heavy atom. The fourth-order valence-corrected chi connectivity index (χ4v) is 3.12. The molecule has 0 spiro atoms. The maximum absolute atomic E-state index is 11.9. The zero-order valence-electron chi connectivity index (χ0n) is 9.40. The molecule has 1 aromatic heterocycles. The van der Waals surface area contributed by atoms with Gasteiger partial charge in [0.15, 0.2) is 0 Å². The highest BCUT2D eigenvalue weighted by atomic mass is 32.1. The summed E-state index contributed by atoms with van der Waals surface area (Å²) in [6.45, 7) is 2.02. The lowest BCUT2D eigenvalue weighted by atomic mass is 9.87. The second-order valence-corrected chi connectivity index (χ2v) is 5.34. The number of aliphatic hydroxyl groups is 1. The van der Waals surface area contributed by atoms with E-state index in [1.54, 1.807) is 18.3 Å². The Bertz CT molecular complexity index is 373. The van der Waals surface area contributed by atoms with Gasteiger partial charge in [-0.1, -0.05) is 0 Å². The molecule has 0 bridgehead atoms. The van der Waals surface area contributed by atoms with Crippen molar-refractivity contribution < 1.29 is 9.90 Å². The van der Waals surface area contributed by atoms with E-state index in [0.29, 0.717) is 6.54 Å². The summed E-state index contributed by atoms with van der Waals surface area (Å²) < 4.78 is 0. The second-order valence-electron chi connectivity index (χ2n) is 4.34. The number of nitrogens with one attached hydrogen (secondary N) is 1. The second kappa shape index (κ2) is 4.97. The number of rotatable bonds is 3. The molecule has 1 aliphatic carbocycles. The number of hydrogen-bond acceptors (Lipinski definition) is 3. The first kappa shape index (κ1) is 11.6. The van der Waals surface area contributed by atoms with Crippen LogP contribution >= 0.6 is 11.3 Å². The Hall–Kier alpha value is -0.870. The summed E-state index contributed by atoms with van der Waals surface area (Å²) in [4.78, 5) is 13.3. The molecule has 0 saturated carbocycles. The molecule has 0 aromatic carbocycles. The normalized spacial score (nSPS) is 21.2. The third-order valence-electron chi connectivity index (χ3n) is 2.94. The van der Waals surface area contributed by atoms with E-state index in [0.717, 1.165) is 19.3 Å². The highest BCUT2D eigenvalue weighted by Gasteiger charge is 2.26. The first-order valence-corrected chi connectivity index (χ1v) is 6.58. The minimum absolute atomic E-state index is 0.00579. The van der Waals surface area contributed by atoms with Gasteiger partial charge in [-0.15, -0.1) is 11.3 Å². The third kappa shape index (κ3) is 2.44. The minimum Gasteiger partial charge on any atom is -0.392 e. The van der Waals surface area contributed by atoms with Gasteiger partial charge in [0.1, 0.15) is 0 Å². The Labute approximate surface area is 99.5 Å². The number of fused-ring (bicyclic) bond motifs is 1. The van der Waals surface area contributed by atoms with Crippen LogP contribution in [0.4, 0.5) is 0 Å². The van der Waals surface area contributed by atoms with Crippen LogP contribution < -0.4 is 5.32 Å². The van der Waals surface area contributed by atoms with Crippen molar-refractivity contribution >= 4 is 17.2 Å². The molecule has 1 unspecified atom stereocenters. The molecule has 2 atom stereocenters. The molecule has 88 valence electrons. The predicted molar refractivity (Wildman–Crippen MR) is 64.7 cm³/mol. The summed E-state index contributed by atoms with van der Waals surface area (Å²) >= 11 is 1.74. The molecular formula is C12H17NO2S. The summed E-state index contributed by atoms with van der Waals surface area (Å²) in [5, 5.41) is 14.0. The molecule has 4 heteroatoms. The van der Waals surface area contributed by atoms with E-state index in [1.165, 1.54) is 10.4 Å². The van der Waals surface area contributed by atoms with E-state index in [-0.39, 0.29) is 11.8 Å². The molecule has 0 radical (unpaired) electrons. The van der Waals surface area contributed by atoms with Crippen molar-refractivity contribution in [2.75, 3.05) is 6.54 Å². The lowest BCUT2D eigenvalue weighted by molar-refractivity contribution is -0.123. The largest absolute Gasteiger partial charge is 0.392 e. The topological polar surface area (TPSA) is 49.3 Å². The van der Waals surface area contributed by atoms with Crippen molar-refractivity contribution in [2.45, 2.75) is 38.2 Å². The van der Waals surface area contributed by atoms with Crippen molar-refractivity contribution in [1.82, 2.24) is 5.32 Å². The number of hydrogen-bond donors (Lipinski definition) is 2. The van der Waals surface area contributed by atoms with Crippen molar-refractivity contribution in [2.24, 2.45) is 0 Å². The average Bonchev–Trinajstić information content (AvgIpc) is 2.73. The molecular weight excluding hydrogens is 222 g/mol.